The smallest absolute Gasteiger partial charge is 0.317 e. The number of rotatable bonds is 1. The third kappa shape index (κ3) is 1.54. The maximum Gasteiger partial charge on any atom is 0.317 e. The van der Waals surface area contributed by atoms with E-state index >= 15 is 0 Å². The lowest BCUT2D eigenvalue weighted by atomic mass is 10.1. The number of nitrogens with zero attached hydrogens (tertiary/aromatic N) is 3. The first-order chi connectivity index (χ1) is 8.15. The van der Waals surface area contributed by atoms with E-state index in [1.54, 1.807) is 18.3 Å². The lowest BCUT2D eigenvalue weighted by Crippen LogP contribution is -2.23. The van der Waals surface area contributed by atoms with E-state index in [2.05, 4.69) is 10.3 Å². The van der Waals surface area contributed by atoms with Gasteiger partial charge in [-0.1, -0.05) is 6.07 Å². The maximum absolute atomic E-state index is 11.4. The Morgan fingerprint density at radius 1 is 1.41 bits per heavy atom. The van der Waals surface area contributed by atoms with Gasteiger partial charge in [0.2, 0.25) is 0 Å². The number of fused-ring (bicyclic) bond motifs is 1. The van der Waals surface area contributed by atoms with Gasteiger partial charge in [-0.25, -0.2) is 9.78 Å². The van der Waals surface area contributed by atoms with Crippen LogP contribution in [-0.4, -0.2) is 34.1 Å². The third-order valence-corrected chi connectivity index (χ3v) is 3.25. The molecule has 3 rings (SSSR count). The van der Waals surface area contributed by atoms with Crippen molar-refractivity contribution in [2.24, 2.45) is 7.05 Å². The van der Waals surface area contributed by atoms with Crippen molar-refractivity contribution in [1.82, 2.24) is 19.8 Å². The van der Waals surface area contributed by atoms with Crippen LogP contribution in [0.25, 0.3) is 11.0 Å². The molecule has 1 fully saturated rings. The quantitative estimate of drug-likeness (QED) is 0.802. The summed E-state index contributed by atoms with van der Waals surface area (Å²) < 4.78 is 1.98. The minimum absolute atomic E-state index is 0.0175. The van der Waals surface area contributed by atoms with Crippen molar-refractivity contribution in [1.29, 1.82) is 0 Å². The van der Waals surface area contributed by atoms with E-state index in [9.17, 15) is 4.79 Å². The van der Waals surface area contributed by atoms with E-state index < -0.39 is 0 Å². The van der Waals surface area contributed by atoms with Crippen molar-refractivity contribution < 1.29 is 4.79 Å². The standard InChI is InChI=1S/C12H14N4O/c1-15-6-10(14-12(15)17)8-3-4-11-9(5-8)13-7-16(11)2/h3-5,7,10H,6H2,1-2H3,(H,14,17). The number of aromatic nitrogens is 2. The van der Waals surface area contributed by atoms with Gasteiger partial charge in [0.05, 0.1) is 23.4 Å². The average molecular weight is 230 g/mol. The zero-order valence-corrected chi connectivity index (χ0v) is 9.84. The van der Waals surface area contributed by atoms with E-state index in [0.717, 1.165) is 16.6 Å². The van der Waals surface area contributed by atoms with Gasteiger partial charge in [-0.2, -0.15) is 0 Å². The number of urea groups is 1. The fourth-order valence-corrected chi connectivity index (χ4v) is 2.22. The monoisotopic (exact) mass is 230 g/mol. The summed E-state index contributed by atoms with van der Waals surface area (Å²) in [6, 6.07) is 6.19. The molecule has 1 saturated heterocycles. The minimum Gasteiger partial charge on any atom is -0.334 e. The molecule has 2 aromatic rings. The van der Waals surface area contributed by atoms with E-state index in [1.165, 1.54) is 0 Å². The van der Waals surface area contributed by atoms with Gasteiger partial charge in [0.15, 0.2) is 0 Å². The molecule has 2 heterocycles. The molecule has 0 radical (unpaired) electrons. The van der Waals surface area contributed by atoms with Gasteiger partial charge in [-0.05, 0) is 17.7 Å². The molecule has 1 N–H and O–H groups in total. The Morgan fingerprint density at radius 2 is 2.24 bits per heavy atom. The number of hydrogen-bond acceptors (Lipinski definition) is 2. The van der Waals surface area contributed by atoms with Crippen LogP contribution < -0.4 is 5.32 Å². The summed E-state index contributed by atoms with van der Waals surface area (Å²) in [5.74, 6) is 0. The highest BCUT2D eigenvalue weighted by Gasteiger charge is 2.26. The molecule has 0 saturated carbocycles. The van der Waals surface area contributed by atoms with Crippen molar-refractivity contribution in [2.45, 2.75) is 6.04 Å². The number of likely N-dealkylation sites (N-methyl/N-ethyl adjacent to an activating group) is 1. The number of nitrogens with one attached hydrogen (secondary N) is 1. The second-order valence-electron chi connectivity index (χ2n) is 4.49. The number of carbonyl (C=O) groups is 1. The zero-order valence-electron chi connectivity index (χ0n) is 9.84. The van der Waals surface area contributed by atoms with Gasteiger partial charge in [0, 0.05) is 20.6 Å². The van der Waals surface area contributed by atoms with Crippen LogP contribution in [0.5, 0.6) is 0 Å². The van der Waals surface area contributed by atoms with Crippen LogP contribution in [0.15, 0.2) is 24.5 Å². The molecular weight excluding hydrogens is 216 g/mol. The SMILES string of the molecule is CN1CC(c2ccc3c(c2)ncn3C)NC1=O. The Morgan fingerprint density at radius 3 is 2.94 bits per heavy atom. The molecule has 1 aliphatic rings. The molecule has 1 aromatic carbocycles. The largest absolute Gasteiger partial charge is 0.334 e. The Hall–Kier alpha value is -2.04. The highest BCUT2D eigenvalue weighted by Crippen LogP contribution is 2.22. The topological polar surface area (TPSA) is 50.2 Å². The number of amides is 2. The lowest BCUT2D eigenvalue weighted by molar-refractivity contribution is 0.226. The van der Waals surface area contributed by atoms with Gasteiger partial charge in [-0.3, -0.25) is 0 Å². The van der Waals surface area contributed by atoms with E-state index in [0.29, 0.717) is 6.54 Å². The average Bonchev–Trinajstić information content (AvgIpc) is 2.84. The highest BCUT2D eigenvalue weighted by molar-refractivity contribution is 5.79. The molecule has 5 nitrogen and oxygen atoms in total. The predicted molar refractivity (Wildman–Crippen MR) is 64.6 cm³/mol. The molecule has 5 heteroatoms. The second-order valence-corrected chi connectivity index (χ2v) is 4.49. The van der Waals surface area contributed by atoms with Crippen LogP contribution in [0.1, 0.15) is 11.6 Å². The van der Waals surface area contributed by atoms with Gasteiger partial charge in [0.1, 0.15) is 0 Å². The molecule has 1 aromatic heterocycles. The Balaban J connectivity index is 1.99. The fraction of sp³-hybridized carbons (Fsp3) is 0.333. The second kappa shape index (κ2) is 3.48. The minimum atomic E-state index is -0.0175. The zero-order chi connectivity index (χ0) is 12.0. The summed E-state index contributed by atoms with van der Waals surface area (Å²) in [7, 11) is 3.77. The van der Waals surface area contributed by atoms with Crippen LogP contribution >= 0.6 is 0 Å². The molecule has 0 bridgehead atoms. The van der Waals surface area contributed by atoms with E-state index in [4.69, 9.17) is 0 Å². The summed E-state index contributed by atoms with van der Waals surface area (Å²) in [6.07, 6.45) is 1.80. The maximum atomic E-state index is 11.4. The van der Waals surface area contributed by atoms with Gasteiger partial charge < -0.3 is 14.8 Å². The molecule has 0 aliphatic carbocycles. The van der Waals surface area contributed by atoms with Crippen molar-refractivity contribution in [2.75, 3.05) is 13.6 Å². The first kappa shape index (κ1) is 10.1. The Bertz CT molecular complexity index is 589. The number of benzene rings is 1. The third-order valence-electron chi connectivity index (χ3n) is 3.25. The number of aryl methyl sites for hydroxylation is 1. The molecule has 1 unspecified atom stereocenters. The van der Waals surface area contributed by atoms with Crippen LogP contribution in [-0.2, 0) is 7.05 Å². The van der Waals surface area contributed by atoms with E-state index in [-0.39, 0.29) is 12.1 Å². The van der Waals surface area contributed by atoms with Gasteiger partial charge in [0.25, 0.3) is 0 Å². The molecular formula is C12H14N4O. The van der Waals surface area contributed by atoms with E-state index in [1.807, 2.05) is 29.8 Å². The molecule has 1 aliphatic heterocycles. The van der Waals surface area contributed by atoms with Crippen LogP contribution in [0.4, 0.5) is 4.79 Å². The highest BCUT2D eigenvalue weighted by atomic mass is 16.2. The number of carbonyl (C=O) groups excluding carboxylic acids is 1. The fourth-order valence-electron chi connectivity index (χ4n) is 2.22. The molecule has 17 heavy (non-hydrogen) atoms. The van der Waals surface area contributed by atoms with Gasteiger partial charge in [-0.15, -0.1) is 0 Å². The molecule has 2 amide bonds. The first-order valence-electron chi connectivity index (χ1n) is 5.58. The summed E-state index contributed by atoms with van der Waals surface area (Å²) in [6.45, 7) is 0.706. The molecule has 0 spiro atoms. The summed E-state index contributed by atoms with van der Waals surface area (Å²) in [4.78, 5) is 17.4. The molecule has 1 atom stereocenters. The summed E-state index contributed by atoms with van der Waals surface area (Å²) in [5, 5.41) is 2.94. The van der Waals surface area contributed by atoms with Crippen molar-refractivity contribution in [3.05, 3.63) is 30.1 Å². The molecule has 88 valence electrons. The van der Waals surface area contributed by atoms with Crippen molar-refractivity contribution >= 4 is 17.1 Å². The van der Waals surface area contributed by atoms with Crippen molar-refractivity contribution in [3.63, 3.8) is 0 Å². The Labute approximate surface area is 99.0 Å². The van der Waals surface area contributed by atoms with Crippen LogP contribution in [0, 0.1) is 0 Å². The first-order valence-corrected chi connectivity index (χ1v) is 5.58. The van der Waals surface area contributed by atoms with Crippen LogP contribution in [0.3, 0.4) is 0 Å². The Kier molecular flexibility index (Phi) is 2.07. The summed E-state index contributed by atoms with van der Waals surface area (Å²) in [5.41, 5.74) is 3.18. The normalized spacial score (nSPS) is 20.0. The lowest BCUT2D eigenvalue weighted by Gasteiger charge is -2.09. The number of imidazole rings is 1. The predicted octanol–water partition coefficient (Wildman–Crippen LogP) is 1.27. The van der Waals surface area contributed by atoms with Gasteiger partial charge >= 0.3 is 6.03 Å². The van der Waals surface area contributed by atoms with Crippen LogP contribution in [0.2, 0.25) is 0 Å². The summed E-state index contributed by atoms with van der Waals surface area (Å²) >= 11 is 0. The van der Waals surface area contributed by atoms with Crippen molar-refractivity contribution in [3.8, 4) is 0 Å². The number of hydrogen-bond donors (Lipinski definition) is 1.